The summed E-state index contributed by atoms with van der Waals surface area (Å²) in [5, 5.41) is 1.14. The van der Waals surface area contributed by atoms with Crippen LogP contribution < -0.4 is 10.9 Å². The summed E-state index contributed by atoms with van der Waals surface area (Å²) in [6, 6.07) is 11.6. The molecule has 0 fully saturated rings. The number of halogens is 1. The first-order valence-corrected chi connectivity index (χ1v) is 7.90. The van der Waals surface area contributed by atoms with E-state index in [0.29, 0.717) is 12.2 Å². The molecule has 0 aliphatic rings. The number of hydrazine groups is 1. The average molecular weight is 375 g/mol. The van der Waals surface area contributed by atoms with Gasteiger partial charge in [-0.25, -0.2) is 0 Å². The molecule has 3 rings (SSSR count). The summed E-state index contributed by atoms with van der Waals surface area (Å²) >= 11 is 3.25. The Morgan fingerprint density at radius 3 is 2.78 bits per heavy atom. The molecular weight excluding hydrogens is 360 g/mol. The molecule has 3 aromatic rings. The highest BCUT2D eigenvalue weighted by Gasteiger charge is 2.09. The third-order valence-corrected chi connectivity index (χ3v) is 3.93. The van der Waals surface area contributed by atoms with Crippen LogP contribution in [0.5, 0.6) is 0 Å². The minimum Gasteiger partial charge on any atom is -0.356 e. The van der Waals surface area contributed by atoms with Crippen molar-refractivity contribution in [1.29, 1.82) is 0 Å². The number of hydrogen-bond acceptors (Lipinski definition) is 2. The second-order valence-electron chi connectivity index (χ2n) is 5.05. The molecule has 0 saturated heterocycles. The number of aromatic nitrogens is 2. The van der Waals surface area contributed by atoms with Gasteiger partial charge in [0.25, 0.3) is 5.91 Å². The maximum Gasteiger partial charge on any atom is 0.286 e. The smallest absolute Gasteiger partial charge is 0.286 e. The number of benzene rings is 1. The van der Waals surface area contributed by atoms with Crippen molar-refractivity contribution < 1.29 is 9.59 Å². The third-order valence-electron chi connectivity index (χ3n) is 3.47. The Morgan fingerprint density at radius 1 is 1.17 bits per heavy atom. The number of hydrogen-bond donors (Lipinski definition) is 3. The maximum absolute atomic E-state index is 11.9. The predicted octanol–water partition coefficient (Wildman–Crippen LogP) is 2.58. The first-order chi connectivity index (χ1) is 11.1. The highest BCUT2D eigenvalue weighted by molar-refractivity contribution is 9.10. The molecule has 23 heavy (non-hydrogen) atoms. The number of aromatic amines is 1. The van der Waals surface area contributed by atoms with E-state index >= 15 is 0 Å². The van der Waals surface area contributed by atoms with Gasteiger partial charge in [-0.15, -0.1) is 0 Å². The van der Waals surface area contributed by atoms with Crippen LogP contribution in [0.1, 0.15) is 16.9 Å². The number of nitrogens with one attached hydrogen (secondary N) is 3. The van der Waals surface area contributed by atoms with Gasteiger partial charge >= 0.3 is 0 Å². The fourth-order valence-electron chi connectivity index (χ4n) is 2.31. The average Bonchev–Trinajstić information content (AvgIpc) is 3.17. The van der Waals surface area contributed by atoms with Crippen LogP contribution in [-0.2, 0) is 11.3 Å². The Kier molecular flexibility index (Phi) is 4.47. The molecule has 7 heteroatoms. The Balaban J connectivity index is 1.51. The van der Waals surface area contributed by atoms with Crippen LogP contribution in [0.25, 0.3) is 10.9 Å². The summed E-state index contributed by atoms with van der Waals surface area (Å²) in [6.07, 6.45) is 3.87. The standard InChI is InChI=1S/C16H15BrN4O2/c17-12-9-13(18-10-12)16(23)20-19-15(22)6-8-21-7-5-11-3-1-2-4-14(11)21/h1-5,7,9-10,18H,6,8H2,(H,19,22)(H,20,23). The molecule has 2 aromatic heterocycles. The van der Waals surface area contributed by atoms with Gasteiger partial charge < -0.3 is 9.55 Å². The van der Waals surface area contributed by atoms with Crippen LogP contribution in [0, 0.1) is 0 Å². The number of nitrogens with zero attached hydrogens (tertiary/aromatic N) is 1. The summed E-state index contributed by atoms with van der Waals surface area (Å²) in [4.78, 5) is 26.4. The largest absolute Gasteiger partial charge is 0.356 e. The maximum atomic E-state index is 11.9. The number of fused-ring (bicyclic) bond motifs is 1. The second kappa shape index (κ2) is 6.70. The van der Waals surface area contributed by atoms with Gasteiger partial charge in [0, 0.05) is 35.3 Å². The molecule has 2 heterocycles. The Morgan fingerprint density at radius 2 is 2.00 bits per heavy atom. The van der Waals surface area contributed by atoms with Gasteiger partial charge in [0.2, 0.25) is 5.91 Å². The Labute approximate surface area is 141 Å². The zero-order valence-corrected chi connectivity index (χ0v) is 13.8. The summed E-state index contributed by atoms with van der Waals surface area (Å²) in [6.45, 7) is 0.545. The summed E-state index contributed by atoms with van der Waals surface area (Å²) in [5.41, 5.74) is 6.25. The second-order valence-corrected chi connectivity index (χ2v) is 5.97. The van der Waals surface area contributed by atoms with Crippen molar-refractivity contribution in [1.82, 2.24) is 20.4 Å². The topological polar surface area (TPSA) is 78.9 Å². The van der Waals surface area contributed by atoms with E-state index in [4.69, 9.17) is 0 Å². The Bertz CT molecular complexity index is 853. The van der Waals surface area contributed by atoms with E-state index in [9.17, 15) is 9.59 Å². The molecule has 118 valence electrons. The van der Waals surface area contributed by atoms with Crippen molar-refractivity contribution >= 4 is 38.6 Å². The molecular formula is C16H15BrN4O2. The fraction of sp³-hybridized carbons (Fsp3) is 0.125. The molecule has 6 nitrogen and oxygen atoms in total. The summed E-state index contributed by atoms with van der Waals surface area (Å²) < 4.78 is 2.78. The quantitative estimate of drug-likeness (QED) is 0.613. The van der Waals surface area contributed by atoms with Crippen molar-refractivity contribution in [2.75, 3.05) is 0 Å². The lowest BCUT2D eigenvalue weighted by atomic mass is 10.2. The van der Waals surface area contributed by atoms with Gasteiger partial charge in [-0.05, 0) is 39.5 Å². The highest BCUT2D eigenvalue weighted by Crippen LogP contribution is 2.15. The monoisotopic (exact) mass is 374 g/mol. The first kappa shape index (κ1) is 15.4. The van der Waals surface area contributed by atoms with Crippen molar-refractivity contribution in [2.45, 2.75) is 13.0 Å². The zero-order chi connectivity index (χ0) is 16.2. The lowest BCUT2D eigenvalue weighted by Crippen LogP contribution is -2.42. The molecule has 0 aliphatic heterocycles. The predicted molar refractivity (Wildman–Crippen MR) is 90.7 cm³/mol. The zero-order valence-electron chi connectivity index (χ0n) is 12.2. The van der Waals surface area contributed by atoms with Gasteiger partial charge in [-0.3, -0.25) is 20.4 Å². The Hall–Kier alpha value is -2.54. The lowest BCUT2D eigenvalue weighted by Gasteiger charge is -2.08. The number of para-hydroxylation sites is 1. The molecule has 0 aliphatic carbocycles. The summed E-state index contributed by atoms with van der Waals surface area (Å²) in [7, 11) is 0. The number of aryl methyl sites for hydroxylation is 1. The number of carbonyl (C=O) groups excluding carboxylic acids is 2. The van der Waals surface area contributed by atoms with Gasteiger partial charge in [0.15, 0.2) is 0 Å². The third kappa shape index (κ3) is 3.62. The number of H-pyrrole nitrogens is 1. The normalized spacial score (nSPS) is 10.7. The van der Waals surface area contributed by atoms with Crippen molar-refractivity contribution in [2.24, 2.45) is 0 Å². The van der Waals surface area contributed by atoms with Crippen LogP contribution in [0.3, 0.4) is 0 Å². The molecule has 0 unspecified atom stereocenters. The van der Waals surface area contributed by atoms with Crippen molar-refractivity contribution in [3.8, 4) is 0 Å². The van der Waals surface area contributed by atoms with Gasteiger partial charge in [-0.2, -0.15) is 0 Å². The van der Waals surface area contributed by atoms with E-state index in [0.717, 1.165) is 15.4 Å². The molecule has 0 saturated carbocycles. The SMILES string of the molecule is O=C(CCn1ccc2ccccc21)NNC(=O)c1cc(Br)c[nH]1. The molecule has 0 atom stereocenters. The number of carbonyl (C=O) groups is 2. The minimum atomic E-state index is -0.393. The van der Waals surface area contributed by atoms with Crippen molar-refractivity contribution in [3.63, 3.8) is 0 Å². The van der Waals surface area contributed by atoms with E-state index in [1.807, 2.05) is 41.1 Å². The number of rotatable bonds is 4. The highest BCUT2D eigenvalue weighted by atomic mass is 79.9. The van der Waals surface area contributed by atoms with Gasteiger partial charge in [-0.1, -0.05) is 18.2 Å². The molecule has 2 amide bonds. The van der Waals surface area contributed by atoms with E-state index in [2.05, 4.69) is 31.8 Å². The van der Waals surface area contributed by atoms with Crippen LogP contribution in [0.15, 0.2) is 53.3 Å². The van der Waals surface area contributed by atoms with E-state index < -0.39 is 5.91 Å². The molecule has 3 N–H and O–H groups in total. The van der Waals surface area contributed by atoms with Gasteiger partial charge in [0.05, 0.1) is 0 Å². The van der Waals surface area contributed by atoms with Crippen LogP contribution in [-0.4, -0.2) is 21.4 Å². The van der Waals surface area contributed by atoms with Crippen LogP contribution in [0.4, 0.5) is 0 Å². The van der Waals surface area contributed by atoms with Gasteiger partial charge in [0.1, 0.15) is 5.69 Å². The summed E-state index contributed by atoms with van der Waals surface area (Å²) in [5.74, 6) is -0.641. The first-order valence-electron chi connectivity index (χ1n) is 7.10. The van der Waals surface area contributed by atoms with E-state index in [1.54, 1.807) is 12.3 Å². The molecule has 1 aromatic carbocycles. The minimum absolute atomic E-state index is 0.248. The number of amides is 2. The van der Waals surface area contributed by atoms with E-state index in [-0.39, 0.29) is 12.3 Å². The van der Waals surface area contributed by atoms with Crippen LogP contribution in [0.2, 0.25) is 0 Å². The molecule has 0 spiro atoms. The fourth-order valence-corrected chi connectivity index (χ4v) is 2.66. The molecule has 0 radical (unpaired) electrons. The molecule has 0 bridgehead atoms. The van der Waals surface area contributed by atoms with Crippen molar-refractivity contribution in [3.05, 3.63) is 59.0 Å². The lowest BCUT2D eigenvalue weighted by molar-refractivity contribution is -0.122. The van der Waals surface area contributed by atoms with Crippen LogP contribution >= 0.6 is 15.9 Å². The van der Waals surface area contributed by atoms with E-state index in [1.165, 1.54) is 0 Å².